The molecule has 1 amide bonds. The number of rotatable bonds is 6. The van der Waals surface area contributed by atoms with E-state index in [9.17, 15) is 4.79 Å². The number of carbonyl (C=O) groups excluding carboxylic acids is 1. The van der Waals surface area contributed by atoms with Crippen LogP contribution in [0, 0.1) is 12.8 Å². The highest BCUT2D eigenvalue weighted by Crippen LogP contribution is 2.26. The van der Waals surface area contributed by atoms with Crippen LogP contribution in [0.15, 0.2) is 60.8 Å². The molecule has 1 saturated heterocycles. The van der Waals surface area contributed by atoms with Crippen LogP contribution in [0.3, 0.4) is 0 Å². The molecule has 1 aliphatic rings. The van der Waals surface area contributed by atoms with Crippen LogP contribution < -0.4 is 5.32 Å². The summed E-state index contributed by atoms with van der Waals surface area (Å²) in [4.78, 5) is 15.4. The molecular weight excluding hydrogens is 360 g/mol. The van der Waals surface area contributed by atoms with Crippen LogP contribution in [0.25, 0.3) is 11.3 Å². The van der Waals surface area contributed by atoms with Crippen molar-refractivity contribution in [1.29, 1.82) is 0 Å². The topological polar surface area (TPSA) is 50.2 Å². The van der Waals surface area contributed by atoms with Crippen molar-refractivity contribution in [3.05, 3.63) is 77.5 Å². The van der Waals surface area contributed by atoms with Gasteiger partial charge in [-0.3, -0.25) is 9.48 Å². The average Bonchev–Trinajstić information content (AvgIpc) is 3.37. The van der Waals surface area contributed by atoms with Gasteiger partial charge < -0.3 is 10.2 Å². The second-order valence-corrected chi connectivity index (χ2v) is 7.90. The molecule has 0 bridgehead atoms. The van der Waals surface area contributed by atoms with Gasteiger partial charge in [-0.05, 0) is 38.4 Å². The summed E-state index contributed by atoms with van der Waals surface area (Å²) in [5, 5.41) is 8.04. The molecular formula is C24H28N4O. The first-order chi connectivity index (χ1) is 14.1. The quantitative estimate of drug-likeness (QED) is 0.702. The molecule has 0 radical (unpaired) electrons. The molecule has 1 aliphatic heterocycles. The molecule has 29 heavy (non-hydrogen) atoms. The van der Waals surface area contributed by atoms with Gasteiger partial charge in [0.15, 0.2) is 0 Å². The van der Waals surface area contributed by atoms with E-state index in [4.69, 9.17) is 5.10 Å². The lowest BCUT2D eigenvalue weighted by atomic mass is 10.1. The number of aryl methyl sites for hydroxylation is 1. The lowest BCUT2D eigenvalue weighted by Crippen LogP contribution is -2.30. The second kappa shape index (κ2) is 8.62. The van der Waals surface area contributed by atoms with E-state index in [1.54, 1.807) is 0 Å². The van der Waals surface area contributed by atoms with E-state index >= 15 is 0 Å². The van der Waals surface area contributed by atoms with Crippen LogP contribution in [0.5, 0.6) is 0 Å². The predicted molar refractivity (Wildman–Crippen MR) is 116 cm³/mol. The molecule has 1 atom stereocenters. The maximum Gasteiger partial charge on any atom is 0.257 e. The van der Waals surface area contributed by atoms with Crippen LogP contribution in [0.2, 0.25) is 0 Å². The van der Waals surface area contributed by atoms with Gasteiger partial charge >= 0.3 is 0 Å². The van der Waals surface area contributed by atoms with E-state index in [0.717, 1.165) is 37.3 Å². The molecule has 4 rings (SSSR count). The molecule has 3 aromatic rings. The monoisotopic (exact) mass is 388 g/mol. The Morgan fingerprint density at radius 1 is 1.14 bits per heavy atom. The molecule has 1 N–H and O–H groups in total. The van der Waals surface area contributed by atoms with Crippen molar-refractivity contribution in [2.75, 3.05) is 26.7 Å². The highest BCUT2D eigenvalue weighted by Gasteiger charge is 2.29. The van der Waals surface area contributed by atoms with E-state index in [0.29, 0.717) is 18.0 Å². The number of carbonyl (C=O) groups is 1. The number of nitrogens with one attached hydrogen (secondary N) is 1. The Kier molecular flexibility index (Phi) is 5.76. The molecule has 5 heteroatoms. The highest BCUT2D eigenvalue weighted by atomic mass is 16.2. The van der Waals surface area contributed by atoms with Crippen molar-refractivity contribution >= 4 is 5.91 Å². The third-order valence-corrected chi connectivity index (χ3v) is 5.57. The first-order valence-corrected chi connectivity index (χ1v) is 10.3. The van der Waals surface area contributed by atoms with Crippen LogP contribution in [0.1, 0.15) is 27.9 Å². The van der Waals surface area contributed by atoms with E-state index < -0.39 is 0 Å². The van der Waals surface area contributed by atoms with Gasteiger partial charge in [-0.2, -0.15) is 5.10 Å². The fourth-order valence-electron chi connectivity index (χ4n) is 4.00. The fourth-order valence-corrected chi connectivity index (χ4v) is 4.00. The van der Waals surface area contributed by atoms with Crippen molar-refractivity contribution in [2.45, 2.75) is 19.9 Å². The Bertz CT molecular complexity index is 962. The fraction of sp³-hybridized carbons (Fsp3) is 0.333. The zero-order chi connectivity index (χ0) is 20.2. The zero-order valence-electron chi connectivity index (χ0n) is 17.1. The number of hydrogen-bond acceptors (Lipinski definition) is 3. The third kappa shape index (κ3) is 4.40. The Labute approximate surface area is 172 Å². The number of likely N-dealkylation sites (tertiary alicyclic amines) is 1. The van der Waals surface area contributed by atoms with Crippen LogP contribution in [0.4, 0.5) is 0 Å². The maximum absolute atomic E-state index is 13.4. The number of amides is 1. The van der Waals surface area contributed by atoms with Crippen LogP contribution in [-0.2, 0) is 6.54 Å². The SMILES string of the molecule is CNCC1CCN(C(=O)c2cn(Cc3ccccc3)nc2-c2ccc(C)cc2)C1. The van der Waals surface area contributed by atoms with Crippen LogP contribution >= 0.6 is 0 Å². The van der Waals surface area contributed by atoms with E-state index in [-0.39, 0.29) is 5.91 Å². The third-order valence-electron chi connectivity index (χ3n) is 5.57. The Morgan fingerprint density at radius 2 is 1.90 bits per heavy atom. The normalized spacial score (nSPS) is 16.3. The Hall–Kier alpha value is -2.92. The number of aromatic nitrogens is 2. The van der Waals surface area contributed by atoms with Gasteiger partial charge in [-0.1, -0.05) is 60.2 Å². The predicted octanol–water partition coefficient (Wildman–Crippen LogP) is 3.59. The molecule has 1 aromatic heterocycles. The minimum Gasteiger partial charge on any atom is -0.338 e. The average molecular weight is 389 g/mol. The van der Waals surface area contributed by atoms with Gasteiger partial charge in [0.25, 0.3) is 5.91 Å². The zero-order valence-corrected chi connectivity index (χ0v) is 17.1. The molecule has 1 fully saturated rings. The van der Waals surface area contributed by atoms with Crippen molar-refractivity contribution < 1.29 is 4.79 Å². The molecule has 150 valence electrons. The highest BCUT2D eigenvalue weighted by molar-refractivity contribution is 6.00. The summed E-state index contributed by atoms with van der Waals surface area (Å²) in [5.74, 6) is 0.602. The minimum absolute atomic E-state index is 0.0819. The van der Waals surface area contributed by atoms with Crippen molar-refractivity contribution in [3.63, 3.8) is 0 Å². The Morgan fingerprint density at radius 3 is 2.62 bits per heavy atom. The standard InChI is InChI=1S/C24H28N4O/c1-18-8-10-21(11-9-18)23-22(24(29)27-13-12-20(15-27)14-25-2)17-28(26-23)16-19-6-4-3-5-7-19/h3-11,17,20,25H,12-16H2,1-2H3. The number of nitrogens with zero attached hydrogens (tertiary/aromatic N) is 3. The van der Waals surface area contributed by atoms with Crippen molar-refractivity contribution in [1.82, 2.24) is 20.0 Å². The van der Waals surface area contributed by atoms with Crippen LogP contribution in [-0.4, -0.2) is 47.3 Å². The maximum atomic E-state index is 13.4. The van der Waals surface area contributed by atoms with Gasteiger partial charge in [-0.15, -0.1) is 0 Å². The number of hydrogen-bond donors (Lipinski definition) is 1. The second-order valence-electron chi connectivity index (χ2n) is 7.90. The molecule has 0 aliphatic carbocycles. The molecule has 0 spiro atoms. The lowest BCUT2D eigenvalue weighted by molar-refractivity contribution is 0.0788. The first kappa shape index (κ1) is 19.4. The van der Waals surface area contributed by atoms with E-state index in [1.165, 1.54) is 11.1 Å². The molecule has 0 saturated carbocycles. The van der Waals surface area contributed by atoms with Crippen molar-refractivity contribution in [3.8, 4) is 11.3 Å². The first-order valence-electron chi connectivity index (χ1n) is 10.3. The smallest absolute Gasteiger partial charge is 0.257 e. The lowest BCUT2D eigenvalue weighted by Gasteiger charge is -2.16. The minimum atomic E-state index is 0.0819. The molecule has 5 nitrogen and oxygen atoms in total. The van der Waals surface area contributed by atoms with Gasteiger partial charge in [0.05, 0.1) is 12.1 Å². The largest absolute Gasteiger partial charge is 0.338 e. The summed E-state index contributed by atoms with van der Waals surface area (Å²) in [7, 11) is 1.97. The molecule has 1 unspecified atom stereocenters. The summed E-state index contributed by atoms with van der Waals surface area (Å²) in [6, 6.07) is 18.5. The summed E-state index contributed by atoms with van der Waals surface area (Å²) in [6.07, 6.45) is 2.96. The summed E-state index contributed by atoms with van der Waals surface area (Å²) >= 11 is 0. The van der Waals surface area contributed by atoms with Gasteiger partial charge in [-0.25, -0.2) is 0 Å². The summed E-state index contributed by atoms with van der Waals surface area (Å²) in [5.41, 5.74) is 4.80. The van der Waals surface area contributed by atoms with Crippen molar-refractivity contribution in [2.24, 2.45) is 5.92 Å². The summed E-state index contributed by atoms with van der Waals surface area (Å²) < 4.78 is 1.89. The van der Waals surface area contributed by atoms with Gasteiger partial charge in [0.2, 0.25) is 0 Å². The van der Waals surface area contributed by atoms with E-state index in [1.807, 2.05) is 41.0 Å². The Balaban J connectivity index is 1.65. The van der Waals surface area contributed by atoms with Gasteiger partial charge in [0.1, 0.15) is 5.69 Å². The summed E-state index contributed by atoms with van der Waals surface area (Å²) in [6.45, 7) is 5.27. The van der Waals surface area contributed by atoms with E-state index in [2.05, 4.69) is 48.6 Å². The van der Waals surface area contributed by atoms with Gasteiger partial charge in [0, 0.05) is 24.8 Å². The molecule has 2 heterocycles. The number of benzene rings is 2. The molecule has 2 aromatic carbocycles.